The molecule has 2 heterocycles. The van der Waals surface area contributed by atoms with Crippen LogP contribution < -0.4 is 5.32 Å². The molecule has 0 aliphatic carbocycles. The first-order valence-corrected chi connectivity index (χ1v) is 8.24. The van der Waals surface area contributed by atoms with Crippen molar-refractivity contribution >= 4 is 17.5 Å². The van der Waals surface area contributed by atoms with E-state index >= 15 is 0 Å². The Labute approximate surface area is 146 Å². The number of rotatable bonds is 4. The van der Waals surface area contributed by atoms with Gasteiger partial charge in [-0.15, -0.1) is 0 Å². The fraction of sp³-hybridized carbons (Fsp3) is 0.389. The Morgan fingerprint density at radius 2 is 1.88 bits per heavy atom. The number of piperidine rings is 1. The van der Waals surface area contributed by atoms with E-state index in [-0.39, 0.29) is 11.8 Å². The topological polar surface area (TPSA) is 78.7 Å². The monoisotopic (exact) mass is 342 g/mol. The van der Waals surface area contributed by atoms with E-state index in [1.54, 1.807) is 23.9 Å². The summed E-state index contributed by atoms with van der Waals surface area (Å²) in [6.45, 7) is 0.955. The summed E-state index contributed by atoms with van der Waals surface area (Å²) < 4.78 is 4.88. The third-order valence-corrected chi connectivity index (χ3v) is 4.53. The molecule has 0 unspecified atom stereocenters. The predicted octanol–water partition coefficient (Wildman–Crippen LogP) is 1.85. The first-order chi connectivity index (χ1) is 12.0. The Kier molecular flexibility index (Phi) is 4.74. The highest BCUT2D eigenvalue weighted by atomic mass is 16.3. The van der Waals surface area contributed by atoms with Crippen molar-refractivity contribution in [2.45, 2.75) is 18.4 Å². The molecule has 25 heavy (non-hydrogen) atoms. The lowest BCUT2D eigenvalue weighted by molar-refractivity contribution is -0.135. The second-order valence-corrected chi connectivity index (χ2v) is 6.44. The Hall–Kier alpha value is -2.83. The highest BCUT2D eigenvalue weighted by molar-refractivity contribution is 5.93. The third-order valence-electron chi connectivity index (χ3n) is 4.53. The average Bonchev–Trinajstić information content (AvgIpc) is 3.16. The molecule has 1 aliphatic rings. The van der Waals surface area contributed by atoms with E-state index < -0.39 is 5.54 Å². The van der Waals surface area contributed by atoms with Crippen LogP contribution in [0.4, 0.5) is 5.69 Å². The van der Waals surface area contributed by atoms with Gasteiger partial charge in [-0.3, -0.25) is 9.59 Å². The Bertz CT molecular complexity index is 720. The molecule has 7 heteroatoms. The summed E-state index contributed by atoms with van der Waals surface area (Å²) in [7, 11) is 3.51. The lowest BCUT2D eigenvalue weighted by atomic mass is 9.85. The maximum Gasteiger partial charge on any atom is 0.275 e. The van der Waals surface area contributed by atoms with Gasteiger partial charge in [-0.25, -0.2) is 4.98 Å². The van der Waals surface area contributed by atoms with Crippen molar-refractivity contribution in [3.05, 3.63) is 48.7 Å². The standard InChI is InChI=1S/C18H22N4O3/c1-21(2)17(24)18(20-14-6-4-3-5-7-14)8-10-22(11-9-18)16(23)15-12-25-13-19-15/h3-7,12-13,20H,8-11H2,1-2H3. The van der Waals surface area contributed by atoms with Crippen molar-refractivity contribution < 1.29 is 14.0 Å². The van der Waals surface area contributed by atoms with Crippen molar-refractivity contribution in [2.24, 2.45) is 0 Å². The summed E-state index contributed by atoms with van der Waals surface area (Å²) in [6, 6.07) is 9.68. The van der Waals surface area contributed by atoms with Crippen LogP contribution in [0.25, 0.3) is 0 Å². The van der Waals surface area contributed by atoms with Gasteiger partial charge in [-0.2, -0.15) is 0 Å². The molecule has 1 aromatic carbocycles. The number of amides is 2. The Morgan fingerprint density at radius 3 is 2.44 bits per heavy atom. The molecule has 1 aromatic heterocycles. The van der Waals surface area contributed by atoms with Crippen LogP contribution in [0.1, 0.15) is 23.3 Å². The molecule has 0 atom stereocenters. The maximum absolute atomic E-state index is 12.9. The lowest BCUT2D eigenvalue weighted by Gasteiger charge is -2.42. The van der Waals surface area contributed by atoms with Crippen LogP contribution in [-0.2, 0) is 4.79 Å². The summed E-state index contributed by atoms with van der Waals surface area (Å²) in [5.41, 5.74) is 0.474. The molecule has 7 nitrogen and oxygen atoms in total. The number of oxazole rings is 1. The zero-order chi connectivity index (χ0) is 17.9. The molecule has 0 spiro atoms. The van der Waals surface area contributed by atoms with E-state index in [2.05, 4.69) is 10.3 Å². The molecule has 0 saturated carbocycles. The van der Waals surface area contributed by atoms with Crippen molar-refractivity contribution in [3.63, 3.8) is 0 Å². The average molecular weight is 342 g/mol. The predicted molar refractivity (Wildman–Crippen MR) is 93.1 cm³/mol. The number of carbonyl (C=O) groups excluding carboxylic acids is 2. The van der Waals surface area contributed by atoms with E-state index in [4.69, 9.17) is 4.42 Å². The number of anilines is 1. The Morgan fingerprint density at radius 1 is 1.20 bits per heavy atom. The quantitative estimate of drug-likeness (QED) is 0.917. The van der Waals surface area contributed by atoms with Gasteiger partial charge >= 0.3 is 0 Å². The van der Waals surface area contributed by atoms with E-state index in [1.165, 1.54) is 12.7 Å². The second-order valence-electron chi connectivity index (χ2n) is 6.44. The molecule has 1 aliphatic heterocycles. The first-order valence-electron chi connectivity index (χ1n) is 8.24. The molecule has 1 N–H and O–H groups in total. The van der Waals surface area contributed by atoms with Crippen molar-refractivity contribution in [2.75, 3.05) is 32.5 Å². The maximum atomic E-state index is 12.9. The minimum absolute atomic E-state index is 0.0184. The smallest absolute Gasteiger partial charge is 0.275 e. The summed E-state index contributed by atoms with van der Waals surface area (Å²) >= 11 is 0. The molecule has 2 aromatic rings. The zero-order valence-electron chi connectivity index (χ0n) is 14.4. The number of hydrogen-bond acceptors (Lipinski definition) is 5. The lowest BCUT2D eigenvalue weighted by Crippen LogP contribution is -2.58. The van der Waals surface area contributed by atoms with Gasteiger partial charge in [-0.1, -0.05) is 18.2 Å². The number of carbonyl (C=O) groups is 2. The highest BCUT2D eigenvalue weighted by Gasteiger charge is 2.43. The molecule has 1 fully saturated rings. The van der Waals surface area contributed by atoms with Crippen LogP contribution in [-0.4, -0.2) is 59.3 Å². The number of likely N-dealkylation sites (N-methyl/N-ethyl adjacent to an activating group) is 1. The summed E-state index contributed by atoms with van der Waals surface area (Å²) in [4.78, 5) is 32.5. The van der Waals surface area contributed by atoms with Crippen LogP contribution in [0.5, 0.6) is 0 Å². The summed E-state index contributed by atoms with van der Waals surface area (Å²) in [6.07, 6.45) is 3.65. The van der Waals surface area contributed by atoms with Gasteiger partial charge in [0.2, 0.25) is 5.91 Å². The van der Waals surface area contributed by atoms with Crippen LogP contribution >= 0.6 is 0 Å². The van der Waals surface area contributed by atoms with Gasteiger partial charge in [0.25, 0.3) is 5.91 Å². The normalized spacial score (nSPS) is 16.3. The minimum Gasteiger partial charge on any atom is -0.451 e. The van der Waals surface area contributed by atoms with Crippen LogP contribution in [0.2, 0.25) is 0 Å². The van der Waals surface area contributed by atoms with Gasteiger partial charge in [0, 0.05) is 32.9 Å². The number of benzene rings is 1. The number of hydrogen-bond donors (Lipinski definition) is 1. The van der Waals surface area contributed by atoms with Gasteiger partial charge < -0.3 is 19.5 Å². The van der Waals surface area contributed by atoms with E-state index in [0.29, 0.717) is 31.6 Å². The molecule has 0 radical (unpaired) electrons. The third kappa shape index (κ3) is 3.50. The molecule has 1 saturated heterocycles. The van der Waals surface area contributed by atoms with Gasteiger partial charge in [0.05, 0.1) is 0 Å². The first kappa shape index (κ1) is 17.0. The molecular formula is C18H22N4O3. The fourth-order valence-corrected chi connectivity index (χ4v) is 3.19. The SMILES string of the molecule is CN(C)C(=O)C1(Nc2ccccc2)CCN(C(=O)c2cocn2)CC1. The molecular weight excluding hydrogens is 320 g/mol. The zero-order valence-corrected chi connectivity index (χ0v) is 14.4. The summed E-state index contributed by atoms with van der Waals surface area (Å²) in [5.74, 6) is -0.149. The van der Waals surface area contributed by atoms with Gasteiger partial charge in [0.1, 0.15) is 11.8 Å². The number of likely N-dealkylation sites (tertiary alicyclic amines) is 1. The van der Waals surface area contributed by atoms with E-state index in [0.717, 1.165) is 5.69 Å². The number of nitrogens with one attached hydrogen (secondary N) is 1. The van der Waals surface area contributed by atoms with Crippen LogP contribution in [0, 0.1) is 0 Å². The van der Waals surface area contributed by atoms with Crippen molar-refractivity contribution in [1.29, 1.82) is 0 Å². The number of nitrogens with zero attached hydrogens (tertiary/aromatic N) is 3. The van der Waals surface area contributed by atoms with Gasteiger partial charge in [0.15, 0.2) is 12.1 Å². The van der Waals surface area contributed by atoms with Crippen LogP contribution in [0.15, 0.2) is 47.4 Å². The number of aromatic nitrogens is 1. The van der Waals surface area contributed by atoms with Crippen LogP contribution in [0.3, 0.4) is 0 Å². The molecule has 0 bridgehead atoms. The molecule has 132 valence electrons. The van der Waals surface area contributed by atoms with Gasteiger partial charge in [-0.05, 0) is 25.0 Å². The fourth-order valence-electron chi connectivity index (χ4n) is 3.19. The Balaban J connectivity index is 1.76. The molecule has 2 amide bonds. The van der Waals surface area contributed by atoms with E-state index in [9.17, 15) is 9.59 Å². The highest BCUT2D eigenvalue weighted by Crippen LogP contribution is 2.29. The number of para-hydroxylation sites is 1. The van der Waals surface area contributed by atoms with Crippen molar-refractivity contribution in [3.8, 4) is 0 Å². The van der Waals surface area contributed by atoms with E-state index in [1.807, 2.05) is 30.3 Å². The second kappa shape index (κ2) is 6.96. The largest absolute Gasteiger partial charge is 0.451 e. The summed E-state index contributed by atoms with van der Waals surface area (Å²) in [5, 5.41) is 3.41. The molecule has 3 rings (SSSR count). The minimum atomic E-state index is -0.717. The van der Waals surface area contributed by atoms with Crippen molar-refractivity contribution in [1.82, 2.24) is 14.8 Å².